The predicted octanol–water partition coefficient (Wildman–Crippen LogP) is 8.08. The van der Waals surface area contributed by atoms with E-state index in [0.29, 0.717) is 29.2 Å². The number of nitrogens with zero attached hydrogens (tertiary/aromatic N) is 1. The van der Waals surface area contributed by atoms with Crippen molar-refractivity contribution in [2.75, 3.05) is 0 Å². The number of hydrogen-bond donors (Lipinski definition) is 1. The molecule has 1 N–H and O–H groups in total. The summed E-state index contributed by atoms with van der Waals surface area (Å²) in [7, 11) is 0. The summed E-state index contributed by atoms with van der Waals surface area (Å²) in [5.74, 6) is -0.178. The lowest BCUT2D eigenvalue weighted by Crippen LogP contribution is -2.06. The van der Waals surface area contributed by atoms with E-state index in [2.05, 4.69) is 12.1 Å². The second kappa shape index (κ2) is 11.8. The average molecular weight is 540 g/mol. The van der Waals surface area contributed by atoms with Gasteiger partial charge in [-0.15, -0.1) is 11.3 Å². The minimum absolute atomic E-state index is 0.0653. The Morgan fingerprint density at radius 3 is 2.34 bits per heavy atom. The molecule has 0 radical (unpaired) electrons. The van der Waals surface area contributed by atoms with Crippen LogP contribution in [0.25, 0.3) is 10.6 Å². The molecule has 0 saturated carbocycles. The maximum atomic E-state index is 13.0. The molecule has 198 valence electrons. The molecule has 0 amide bonds. The number of aliphatic carboxylic acids is 1. The van der Waals surface area contributed by atoms with E-state index in [1.54, 1.807) is 0 Å². The van der Waals surface area contributed by atoms with Crippen LogP contribution in [-0.4, -0.2) is 16.1 Å². The van der Waals surface area contributed by atoms with Crippen molar-refractivity contribution < 1.29 is 27.8 Å². The van der Waals surface area contributed by atoms with Gasteiger partial charge in [0.25, 0.3) is 0 Å². The van der Waals surface area contributed by atoms with Gasteiger partial charge in [-0.2, -0.15) is 13.2 Å². The van der Waals surface area contributed by atoms with Crippen LogP contribution in [0.5, 0.6) is 5.75 Å². The number of aromatic nitrogens is 1. The third kappa shape index (κ3) is 7.01. The van der Waals surface area contributed by atoms with Crippen LogP contribution in [0, 0.1) is 6.92 Å². The molecule has 8 heteroatoms. The SMILES string of the molecule is Cc1cc(OC(C)c2sc(-c3ccc(C(F)(F)F)cc3)nc2CCc2ccccc2)ccc1CCC(=O)O. The van der Waals surface area contributed by atoms with E-state index in [1.165, 1.54) is 29.0 Å². The summed E-state index contributed by atoms with van der Waals surface area (Å²) in [6.45, 7) is 3.86. The van der Waals surface area contributed by atoms with Gasteiger partial charge in [0.2, 0.25) is 0 Å². The first-order valence-electron chi connectivity index (χ1n) is 12.3. The lowest BCUT2D eigenvalue weighted by Gasteiger charge is -2.16. The van der Waals surface area contributed by atoms with Gasteiger partial charge in [-0.1, -0.05) is 48.5 Å². The number of benzene rings is 3. The van der Waals surface area contributed by atoms with Crippen LogP contribution in [0.15, 0.2) is 72.8 Å². The molecular formula is C30H28F3NO3S. The van der Waals surface area contributed by atoms with E-state index in [9.17, 15) is 18.0 Å². The Morgan fingerprint density at radius 2 is 1.71 bits per heavy atom. The fourth-order valence-electron chi connectivity index (χ4n) is 4.21. The van der Waals surface area contributed by atoms with Crippen LogP contribution < -0.4 is 4.74 Å². The molecule has 0 aliphatic carbocycles. The topological polar surface area (TPSA) is 59.4 Å². The fourth-order valence-corrected chi connectivity index (χ4v) is 5.31. The average Bonchev–Trinajstić information content (AvgIpc) is 3.31. The van der Waals surface area contributed by atoms with Crippen molar-refractivity contribution >= 4 is 17.3 Å². The van der Waals surface area contributed by atoms with Crippen LogP contribution in [0.2, 0.25) is 0 Å². The highest BCUT2D eigenvalue weighted by Crippen LogP contribution is 2.37. The summed E-state index contributed by atoms with van der Waals surface area (Å²) >= 11 is 1.42. The second-order valence-electron chi connectivity index (χ2n) is 9.13. The molecule has 0 saturated heterocycles. The molecule has 0 aliphatic rings. The number of carboxylic acids is 1. The summed E-state index contributed by atoms with van der Waals surface area (Å²) in [5, 5.41) is 9.61. The van der Waals surface area contributed by atoms with E-state index in [-0.39, 0.29) is 12.5 Å². The third-order valence-corrected chi connectivity index (χ3v) is 7.59. The standard InChI is InChI=1S/C30H28F3NO3S/c1-19-18-25(15-11-22(19)12-17-27(35)36)37-20(2)28-26(16-8-21-6-4-3-5-7-21)34-29(38-28)23-9-13-24(14-10-23)30(31,32)33/h3-7,9-11,13-15,18,20H,8,12,16-17H2,1-2H3,(H,35,36). The van der Waals surface area contributed by atoms with Gasteiger partial charge in [-0.25, -0.2) is 4.98 Å². The van der Waals surface area contributed by atoms with Crippen molar-refractivity contribution in [3.8, 4) is 16.3 Å². The van der Waals surface area contributed by atoms with E-state index in [4.69, 9.17) is 14.8 Å². The number of thiazole rings is 1. The van der Waals surface area contributed by atoms with Gasteiger partial charge < -0.3 is 9.84 Å². The van der Waals surface area contributed by atoms with Crippen molar-refractivity contribution in [1.82, 2.24) is 4.98 Å². The number of aryl methyl sites for hydroxylation is 4. The highest BCUT2D eigenvalue weighted by atomic mass is 32.1. The molecule has 4 rings (SSSR count). The summed E-state index contributed by atoms with van der Waals surface area (Å²) in [4.78, 5) is 16.7. The van der Waals surface area contributed by atoms with Crippen molar-refractivity contribution in [1.29, 1.82) is 0 Å². The minimum atomic E-state index is -4.39. The molecule has 4 nitrogen and oxygen atoms in total. The fraction of sp³-hybridized carbons (Fsp3) is 0.267. The van der Waals surface area contributed by atoms with Gasteiger partial charge in [0.15, 0.2) is 0 Å². The van der Waals surface area contributed by atoms with Gasteiger partial charge in [0.1, 0.15) is 16.9 Å². The number of hydrogen-bond acceptors (Lipinski definition) is 4. The molecule has 38 heavy (non-hydrogen) atoms. The maximum absolute atomic E-state index is 13.0. The molecule has 1 heterocycles. The van der Waals surface area contributed by atoms with E-state index in [1.807, 2.05) is 50.2 Å². The molecule has 0 bridgehead atoms. The van der Waals surface area contributed by atoms with Gasteiger partial charge in [0.05, 0.1) is 16.1 Å². The van der Waals surface area contributed by atoms with Crippen LogP contribution in [0.3, 0.4) is 0 Å². The van der Waals surface area contributed by atoms with E-state index in [0.717, 1.165) is 40.3 Å². The van der Waals surface area contributed by atoms with Gasteiger partial charge in [-0.3, -0.25) is 4.79 Å². The van der Waals surface area contributed by atoms with Crippen LogP contribution in [0.4, 0.5) is 13.2 Å². The number of halogens is 3. The number of carboxylic acid groups (broad SMARTS) is 1. The first-order chi connectivity index (χ1) is 18.1. The van der Waals surface area contributed by atoms with Gasteiger partial charge >= 0.3 is 12.1 Å². The van der Waals surface area contributed by atoms with Gasteiger partial charge in [-0.05, 0) is 74.1 Å². The van der Waals surface area contributed by atoms with Crippen molar-refractivity contribution in [3.63, 3.8) is 0 Å². The Balaban J connectivity index is 1.58. The second-order valence-corrected chi connectivity index (χ2v) is 10.2. The third-order valence-electron chi connectivity index (χ3n) is 6.28. The summed E-state index contributed by atoms with van der Waals surface area (Å²) < 4.78 is 45.4. The zero-order valence-electron chi connectivity index (χ0n) is 21.1. The van der Waals surface area contributed by atoms with Crippen molar-refractivity contribution in [3.05, 3.63) is 106 Å². The Morgan fingerprint density at radius 1 is 1.00 bits per heavy atom. The van der Waals surface area contributed by atoms with Crippen LogP contribution in [-0.2, 0) is 30.2 Å². The Hall–Kier alpha value is -3.65. The molecule has 0 spiro atoms. The number of alkyl halides is 3. The molecule has 3 aromatic carbocycles. The maximum Gasteiger partial charge on any atom is 0.416 e. The largest absolute Gasteiger partial charge is 0.485 e. The van der Waals surface area contributed by atoms with E-state index >= 15 is 0 Å². The lowest BCUT2D eigenvalue weighted by molar-refractivity contribution is -0.138. The highest BCUT2D eigenvalue weighted by molar-refractivity contribution is 7.15. The van der Waals surface area contributed by atoms with Crippen molar-refractivity contribution in [2.45, 2.75) is 51.8 Å². The number of carbonyl (C=O) groups is 1. The Labute approximate surface area is 223 Å². The van der Waals surface area contributed by atoms with Gasteiger partial charge in [0, 0.05) is 12.0 Å². The zero-order valence-corrected chi connectivity index (χ0v) is 21.9. The minimum Gasteiger partial charge on any atom is -0.485 e. The first kappa shape index (κ1) is 27.4. The van der Waals surface area contributed by atoms with E-state index < -0.39 is 17.7 Å². The van der Waals surface area contributed by atoms with Crippen LogP contribution >= 0.6 is 11.3 Å². The highest BCUT2D eigenvalue weighted by Gasteiger charge is 2.30. The summed E-state index contributed by atoms with van der Waals surface area (Å²) in [6, 6.07) is 20.7. The molecule has 1 unspecified atom stereocenters. The molecule has 1 atom stereocenters. The normalized spacial score (nSPS) is 12.3. The van der Waals surface area contributed by atoms with Crippen molar-refractivity contribution in [2.24, 2.45) is 0 Å². The first-order valence-corrected chi connectivity index (χ1v) is 13.1. The molecule has 0 aliphatic heterocycles. The molecule has 1 aromatic heterocycles. The Bertz CT molecular complexity index is 1380. The summed E-state index contributed by atoms with van der Waals surface area (Å²) in [5.41, 5.74) is 3.87. The molecular weight excluding hydrogens is 511 g/mol. The number of rotatable bonds is 10. The number of ether oxygens (including phenoxy) is 1. The lowest BCUT2D eigenvalue weighted by atomic mass is 10.0. The molecule has 4 aromatic rings. The Kier molecular flexibility index (Phi) is 8.52. The molecule has 0 fully saturated rings. The quantitative estimate of drug-likeness (QED) is 0.221. The summed E-state index contributed by atoms with van der Waals surface area (Å²) in [6.07, 6.45) is -2.78. The zero-order chi connectivity index (χ0) is 27.3. The smallest absolute Gasteiger partial charge is 0.416 e. The predicted molar refractivity (Wildman–Crippen MR) is 143 cm³/mol. The monoisotopic (exact) mass is 539 g/mol. The van der Waals surface area contributed by atoms with Crippen LogP contribution in [0.1, 0.15) is 52.3 Å².